The van der Waals surface area contributed by atoms with Crippen LogP contribution in [0.2, 0.25) is 0 Å². The third-order valence-corrected chi connectivity index (χ3v) is 7.25. The molecule has 2 aliphatic rings. The van der Waals surface area contributed by atoms with E-state index in [0.29, 0.717) is 38.8 Å². The number of hydrogen-bond acceptors (Lipinski definition) is 4. The van der Waals surface area contributed by atoms with Crippen molar-refractivity contribution < 1.29 is 13.2 Å². The molecular weight excluding hydrogens is 312 g/mol. The lowest BCUT2D eigenvalue weighted by molar-refractivity contribution is 0.197. The number of benzene rings is 1. The molecule has 1 aromatic rings. The van der Waals surface area contributed by atoms with Crippen LogP contribution >= 0.6 is 0 Å². The molecule has 2 unspecified atom stereocenters. The summed E-state index contributed by atoms with van der Waals surface area (Å²) in [6, 6.07) is 10.8. The maximum Gasteiger partial charge on any atom is 0.219 e. The van der Waals surface area contributed by atoms with Gasteiger partial charge in [-0.05, 0) is 25.3 Å². The zero-order valence-corrected chi connectivity index (χ0v) is 14.5. The molecule has 2 heterocycles. The Bertz CT molecular complexity index is 600. The van der Waals surface area contributed by atoms with E-state index >= 15 is 0 Å². The number of nitrogens with zero attached hydrogens (tertiary/aromatic N) is 2. The quantitative estimate of drug-likeness (QED) is 0.838. The Labute approximate surface area is 139 Å². The minimum Gasteiger partial charge on any atom is -0.380 e. The van der Waals surface area contributed by atoms with Crippen LogP contribution in [0.5, 0.6) is 0 Å². The van der Waals surface area contributed by atoms with Crippen molar-refractivity contribution in [2.24, 2.45) is 0 Å². The normalized spacial score (nSPS) is 27.9. The molecule has 0 aromatic heterocycles. The first-order chi connectivity index (χ1) is 11.1. The largest absolute Gasteiger partial charge is 0.380 e. The zero-order chi connectivity index (χ0) is 16.3. The maximum absolute atomic E-state index is 12.7. The van der Waals surface area contributed by atoms with Gasteiger partial charge in [0.25, 0.3) is 0 Å². The molecule has 0 spiro atoms. The van der Waals surface area contributed by atoms with E-state index in [1.165, 1.54) is 5.56 Å². The SMILES string of the molecule is CC1CCN(S(=O)(=O)C2CCOC2)CCN1Cc1ccccc1. The fourth-order valence-corrected chi connectivity index (χ4v) is 5.13. The second-order valence-corrected chi connectivity index (χ2v) is 8.74. The summed E-state index contributed by atoms with van der Waals surface area (Å²) in [4.78, 5) is 2.38. The summed E-state index contributed by atoms with van der Waals surface area (Å²) in [5.74, 6) is 0. The molecule has 0 bridgehead atoms. The lowest BCUT2D eigenvalue weighted by Gasteiger charge is -2.26. The topological polar surface area (TPSA) is 49.9 Å². The van der Waals surface area contributed by atoms with Crippen LogP contribution < -0.4 is 0 Å². The highest BCUT2D eigenvalue weighted by Gasteiger charge is 2.36. The minimum absolute atomic E-state index is 0.349. The first-order valence-electron chi connectivity index (χ1n) is 8.42. The van der Waals surface area contributed by atoms with Crippen LogP contribution in [0.4, 0.5) is 0 Å². The van der Waals surface area contributed by atoms with Gasteiger partial charge in [-0.25, -0.2) is 12.7 Å². The fraction of sp³-hybridized carbons (Fsp3) is 0.647. The molecule has 0 radical (unpaired) electrons. The van der Waals surface area contributed by atoms with Gasteiger partial charge in [0.1, 0.15) is 5.25 Å². The highest BCUT2D eigenvalue weighted by Crippen LogP contribution is 2.22. The second kappa shape index (κ2) is 7.30. The molecule has 0 amide bonds. The van der Waals surface area contributed by atoms with E-state index in [9.17, 15) is 8.42 Å². The average molecular weight is 338 g/mol. The Morgan fingerprint density at radius 2 is 1.91 bits per heavy atom. The van der Waals surface area contributed by atoms with Crippen molar-refractivity contribution in [1.29, 1.82) is 0 Å². The Kier molecular flexibility index (Phi) is 5.36. The molecule has 2 fully saturated rings. The summed E-state index contributed by atoms with van der Waals surface area (Å²) in [7, 11) is -3.22. The molecule has 0 N–H and O–H groups in total. The molecular formula is C17H26N2O3S. The Morgan fingerprint density at radius 3 is 2.61 bits per heavy atom. The van der Waals surface area contributed by atoms with Crippen molar-refractivity contribution in [1.82, 2.24) is 9.21 Å². The molecule has 2 saturated heterocycles. The van der Waals surface area contributed by atoms with Gasteiger partial charge < -0.3 is 4.74 Å². The van der Waals surface area contributed by atoms with Crippen molar-refractivity contribution in [3.63, 3.8) is 0 Å². The highest BCUT2D eigenvalue weighted by molar-refractivity contribution is 7.89. The molecule has 3 rings (SSSR count). The molecule has 5 nitrogen and oxygen atoms in total. The molecule has 1 aromatic carbocycles. The van der Waals surface area contributed by atoms with Gasteiger partial charge in [-0.2, -0.15) is 0 Å². The predicted octanol–water partition coefficient (Wildman–Crippen LogP) is 1.70. The van der Waals surface area contributed by atoms with Crippen LogP contribution in [0, 0.1) is 0 Å². The van der Waals surface area contributed by atoms with Crippen LogP contribution in [-0.2, 0) is 21.3 Å². The van der Waals surface area contributed by atoms with Crippen molar-refractivity contribution in [3.8, 4) is 0 Å². The number of rotatable bonds is 4. The minimum atomic E-state index is -3.22. The molecule has 2 atom stereocenters. The van der Waals surface area contributed by atoms with Gasteiger partial charge in [-0.3, -0.25) is 4.90 Å². The summed E-state index contributed by atoms with van der Waals surface area (Å²) in [6.45, 7) is 5.96. The Morgan fingerprint density at radius 1 is 1.13 bits per heavy atom. The van der Waals surface area contributed by atoms with E-state index in [-0.39, 0.29) is 5.25 Å². The summed E-state index contributed by atoms with van der Waals surface area (Å²) >= 11 is 0. The third kappa shape index (κ3) is 3.94. The smallest absolute Gasteiger partial charge is 0.219 e. The van der Waals surface area contributed by atoms with E-state index in [4.69, 9.17) is 4.74 Å². The number of sulfonamides is 1. The molecule has 0 aliphatic carbocycles. The van der Waals surface area contributed by atoms with Gasteiger partial charge in [0.2, 0.25) is 10.0 Å². The molecule has 2 aliphatic heterocycles. The van der Waals surface area contributed by atoms with E-state index in [1.807, 2.05) is 6.07 Å². The summed E-state index contributed by atoms with van der Waals surface area (Å²) in [5, 5.41) is -0.349. The van der Waals surface area contributed by atoms with Gasteiger partial charge in [-0.15, -0.1) is 0 Å². The van der Waals surface area contributed by atoms with Crippen LogP contribution in [0.3, 0.4) is 0 Å². The highest BCUT2D eigenvalue weighted by atomic mass is 32.2. The van der Waals surface area contributed by atoms with E-state index in [2.05, 4.69) is 36.1 Å². The first kappa shape index (κ1) is 16.9. The van der Waals surface area contributed by atoms with Crippen LogP contribution in [0.15, 0.2) is 30.3 Å². The van der Waals surface area contributed by atoms with E-state index < -0.39 is 10.0 Å². The summed E-state index contributed by atoms with van der Waals surface area (Å²) in [6.07, 6.45) is 1.50. The maximum atomic E-state index is 12.7. The van der Waals surface area contributed by atoms with Crippen LogP contribution in [0.1, 0.15) is 25.3 Å². The van der Waals surface area contributed by atoms with E-state index in [1.54, 1.807) is 4.31 Å². The number of hydrogen-bond donors (Lipinski definition) is 0. The van der Waals surface area contributed by atoms with Gasteiger partial charge >= 0.3 is 0 Å². The molecule has 23 heavy (non-hydrogen) atoms. The third-order valence-electron chi connectivity index (χ3n) is 4.95. The standard InChI is InChI=1S/C17H26N2O3S/c1-15-7-9-19(23(20,21)17-8-12-22-14-17)11-10-18(15)13-16-5-3-2-4-6-16/h2-6,15,17H,7-14H2,1H3. The Balaban J connectivity index is 1.65. The average Bonchev–Trinajstić information content (AvgIpc) is 3.03. The van der Waals surface area contributed by atoms with Crippen molar-refractivity contribution in [2.75, 3.05) is 32.8 Å². The Hall–Kier alpha value is -0.950. The van der Waals surface area contributed by atoms with Gasteiger partial charge in [0.05, 0.1) is 6.61 Å². The van der Waals surface area contributed by atoms with Gasteiger partial charge in [0.15, 0.2) is 0 Å². The zero-order valence-electron chi connectivity index (χ0n) is 13.7. The van der Waals surface area contributed by atoms with Gasteiger partial charge in [0, 0.05) is 38.8 Å². The second-order valence-electron chi connectivity index (χ2n) is 6.52. The monoisotopic (exact) mass is 338 g/mol. The number of ether oxygens (including phenoxy) is 1. The summed E-state index contributed by atoms with van der Waals surface area (Å²) < 4.78 is 32.4. The predicted molar refractivity (Wildman–Crippen MR) is 90.6 cm³/mol. The van der Waals surface area contributed by atoms with E-state index in [0.717, 1.165) is 19.5 Å². The molecule has 128 valence electrons. The van der Waals surface area contributed by atoms with Crippen molar-refractivity contribution in [2.45, 2.75) is 37.6 Å². The lowest BCUT2D eigenvalue weighted by atomic mass is 10.1. The van der Waals surface area contributed by atoms with Gasteiger partial charge in [-0.1, -0.05) is 30.3 Å². The van der Waals surface area contributed by atoms with Crippen LogP contribution in [-0.4, -0.2) is 61.8 Å². The first-order valence-corrected chi connectivity index (χ1v) is 9.92. The molecule has 6 heteroatoms. The van der Waals surface area contributed by atoms with Crippen molar-refractivity contribution in [3.05, 3.63) is 35.9 Å². The lowest BCUT2D eigenvalue weighted by Crippen LogP contribution is -2.41. The van der Waals surface area contributed by atoms with Crippen LogP contribution in [0.25, 0.3) is 0 Å². The fourth-order valence-electron chi connectivity index (χ4n) is 3.35. The summed E-state index contributed by atoms with van der Waals surface area (Å²) in [5.41, 5.74) is 1.28. The molecule has 0 saturated carbocycles. The van der Waals surface area contributed by atoms with Crippen molar-refractivity contribution >= 4 is 10.0 Å².